The van der Waals surface area contributed by atoms with Crippen LogP contribution < -0.4 is 5.73 Å². The van der Waals surface area contributed by atoms with Crippen molar-refractivity contribution in [1.29, 1.82) is 0 Å². The van der Waals surface area contributed by atoms with Crippen LogP contribution in [0.2, 0.25) is 0 Å². The number of rotatable bonds is 5. The Labute approximate surface area is 193 Å². The lowest BCUT2D eigenvalue weighted by atomic mass is 10.0. The molecule has 33 heavy (non-hydrogen) atoms. The van der Waals surface area contributed by atoms with E-state index in [1.54, 1.807) is 0 Å². The molecule has 2 aromatic carbocycles. The van der Waals surface area contributed by atoms with Crippen LogP contribution in [0.1, 0.15) is 35.8 Å². The number of aryl methyl sites for hydroxylation is 1. The van der Waals surface area contributed by atoms with E-state index in [1.165, 1.54) is 23.8 Å². The first-order chi connectivity index (χ1) is 16.0. The number of aliphatic hydroxyl groups excluding tert-OH is 1. The van der Waals surface area contributed by atoms with Crippen LogP contribution in [-0.4, -0.2) is 60.0 Å². The molecule has 4 rings (SSSR count). The van der Waals surface area contributed by atoms with Gasteiger partial charge in [0, 0.05) is 13.0 Å². The van der Waals surface area contributed by atoms with E-state index >= 15 is 0 Å². The average molecular weight is 454 g/mol. The quantitative estimate of drug-likeness (QED) is 0.565. The van der Waals surface area contributed by atoms with Crippen LogP contribution in [0.4, 0.5) is 0 Å². The molecular weight excluding hydrogens is 422 g/mol. The monoisotopic (exact) mass is 453 g/mol. The number of benzene rings is 2. The van der Waals surface area contributed by atoms with Crippen LogP contribution in [-0.2, 0) is 9.63 Å². The summed E-state index contributed by atoms with van der Waals surface area (Å²) in [6.45, 7) is 4.59. The van der Waals surface area contributed by atoms with Gasteiger partial charge in [0.2, 0.25) is 5.89 Å². The molecule has 9 nitrogen and oxygen atoms in total. The maximum atomic E-state index is 8.93. The van der Waals surface area contributed by atoms with Crippen molar-refractivity contribution >= 4 is 12.5 Å². The van der Waals surface area contributed by atoms with Gasteiger partial charge in [0.25, 0.3) is 0 Å². The topological polar surface area (TPSA) is 127 Å². The average Bonchev–Trinajstić information content (AvgIpc) is 3.48. The number of aliphatic hydroxyl groups is 1. The van der Waals surface area contributed by atoms with Crippen LogP contribution >= 0.6 is 0 Å². The van der Waals surface area contributed by atoms with Crippen molar-refractivity contribution in [2.75, 3.05) is 27.3 Å². The van der Waals surface area contributed by atoms with E-state index in [0.29, 0.717) is 18.8 Å². The zero-order valence-corrected chi connectivity index (χ0v) is 19.2. The first-order valence-electron chi connectivity index (χ1n) is 10.4. The lowest BCUT2D eigenvalue weighted by molar-refractivity contribution is -0.0979. The van der Waals surface area contributed by atoms with Crippen molar-refractivity contribution in [3.63, 3.8) is 0 Å². The Balaban J connectivity index is 0.000000227. The second-order valence-corrected chi connectivity index (χ2v) is 7.49. The van der Waals surface area contributed by atoms with Gasteiger partial charge >= 0.3 is 0 Å². The highest BCUT2D eigenvalue weighted by molar-refractivity contribution is 5.88. The molecule has 0 saturated carbocycles. The number of oxime groups is 1. The maximum Gasteiger partial charge on any atom is 0.245 e. The van der Waals surface area contributed by atoms with E-state index in [0.717, 1.165) is 5.71 Å². The predicted molar refractivity (Wildman–Crippen MR) is 126 cm³/mol. The molecule has 176 valence electrons. The molecule has 2 atom stereocenters. The summed E-state index contributed by atoms with van der Waals surface area (Å²) in [5.41, 5.74) is 10.4. The summed E-state index contributed by atoms with van der Waals surface area (Å²) in [6.07, 6.45) is 0.692. The molecule has 0 bridgehead atoms. The van der Waals surface area contributed by atoms with E-state index in [1.807, 2.05) is 19.9 Å². The van der Waals surface area contributed by atoms with Crippen LogP contribution in [0.15, 0.2) is 64.3 Å². The van der Waals surface area contributed by atoms with E-state index in [9.17, 15) is 0 Å². The summed E-state index contributed by atoms with van der Waals surface area (Å²) in [6, 6.07) is 18.4. The standard InChI is InChI=1S/C13H12.C10H17N5O3.CH2O/c1-11-7-9-13(10-8-11)12-5-3-2-4-6-12;1-15-4-6(13-17-2)3-8(15)9-12-10(18-14-9)7(11)5-16;1-2/h2-10H,1H3;7-8,16H,3-5,11H2,1-2H3;1H2. The molecule has 2 heterocycles. The number of hydrogen-bond donors (Lipinski definition) is 2. The van der Waals surface area contributed by atoms with Gasteiger partial charge in [-0.25, -0.2) is 0 Å². The molecule has 9 heteroatoms. The Bertz CT molecular complexity index is 992. The molecule has 1 aliphatic rings. The van der Waals surface area contributed by atoms with E-state index in [4.69, 9.17) is 25.0 Å². The van der Waals surface area contributed by atoms with E-state index < -0.39 is 6.04 Å². The Hall–Kier alpha value is -3.40. The third kappa shape index (κ3) is 7.31. The minimum Gasteiger partial charge on any atom is -0.399 e. The molecule has 0 aliphatic carbocycles. The molecule has 0 radical (unpaired) electrons. The number of hydrogen-bond acceptors (Lipinski definition) is 9. The van der Waals surface area contributed by atoms with Gasteiger partial charge in [-0.15, -0.1) is 0 Å². The maximum absolute atomic E-state index is 8.93. The van der Waals surface area contributed by atoms with Gasteiger partial charge in [-0.05, 0) is 25.1 Å². The summed E-state index contributed by atoms with van der Waals surface area (Å²) >= 11 is 0. The first kappa shape index (κ1) is 25.9. The summed E-state index contributed by atoms with van der Waals surface area (Å²) < 4.78 is 5.03. The Morgan fingerprint density at radius 3 is 2.45 bits per heavy atom. The van der Waals surface area contributed by atoms with Gasteiger partial charge < -0.3 is 25.0 Å². The number of nitrogens with two attached hydrogens (primary N) is 1. The minimum atomic E-state index is -0.634. The van der Waals surface area contributed by atoms with E-state index in [-0.39, 0.29) is 18.5 Å². The fourth-order valence-electron chi connectivity index (χ4n) is 3.31. The molecule has 2 unspecified atom stereocenters. The molecule has 0 amide bonds. The highest BCUT2D eigenvalue weighted by Crippen LogP contribution is 2.27. The van der Waals surface area contributed by atoms with Crippen LogP contribution in [0.3, 0.4) is 0 Å². The minimum absolute atomic E-state index is 0.00212. The SMILES string of the molecule is C=O.CON=C1CC(c2noc(C(N)CO)n2)N(C)C1.Cc1ccc(-c2ccccc2)cc1. The van der Waals surface area contributed by atoms with Crippen molar-refractivity contribution in [3.05, 3.63) is 71.9 Å². The van der Waals surface area contributed by atoms with Crippen LogP contribution in [0.5, 0.6) is 0 Å². The zero-order chi connectivity index (χ0) is 24.2. The summed E-state index contributed by atoms with van der Waals surface area (Å²) in [5, 5.41) is 16.8. The Morgan fingerprint density at radius 2 is 1.85 bits per heavy atom. The Morgan fingerprint density at radius 1 is 1.21 bits per heavy atom. The fraction of sp³-hybridized carbons (Fsp3) is 0.333. The molecule has 1 aromatic heterocycles. The number of carbonyl (C=O) groups excluding carboxylic acids is 1. The molecule has 1 aliphatic heterocycles. The van der Waals surface area contributed by atoms with Crippen molar-refractivity contribution in [2.45, 2.75) is 25.4 Å². The van der Waals surface area contributed by atoms with Gasteiger partial charge in [0.15, 0.2) is 5.82 Å². The van der Waals surface area contributed by atoms with Gasteiger partial charge in [-0.3, -0.25) is 4.90 Å². The zero-order valence-electron chi connectivity index (χ0n) is 19.2. The molecule has 3 N–H and O–H groups in total. The second kappa shape index (κ2) is 13.2. The van der Waals surface area contributed by atoms with Gasteiger partial charge in [-0.2, -0.15) is 4.98 Å². The normalized spacial score (nSPS) is 17.5. The third-order valence-corrected chi connectivity index (χ3v) is 5.04. The smallest absolute Gasteiger partial charge is 0.245 e. The number of nitrogens with zero attached hydrogens (tertiary/aromatic N) is 4. The summed E-state index contributed by atoms with van der Waals surface area (Å²) in [7, 11) is 3.47. The highest BCUT2D eigenvalue weighted by atomic mass is 16.6. The summed E-state index contributed by atoms with van der Waals surface area (Å²) in [4.78, 5) is 19.0. The molecule has 1 fully saturated rings. The summed E-state index contributed by atoms with van der Waals surface area (Å²) in [5.74, 6) is 0.802. The van der Waals surface area contributed by atoms with Crippen LogP contribution in [0, 0.1) is 6.92 Å². The van der Waals surface area contributed by atoms with Crippen LogP contribution in [0.25, 0.3) is 11.1 Å². The molecule has 1 saturated heterocycles. The lowest BCUT2D eigenvalue weighted by Crippen LogP contribution is -2.20. The predicted octanol–water partition coefficient (Wildman–Crippen LogP) is 2.92. The van der Waals surface area contributed by atoms with Crippen molar-refractivity contribution in [2.24, 2.45) is 10.9 Å². The highest BCUT2D eigenvalue weighted by Gasteiger charge is 2.32. The molecular formula is C24H31N5O4. The van der Waals surface area contributed by atoms with Crippen molar-refractivity contribution in [1.82, 2.24) is 15.0 Å². The fourth-order valence-corrected chi connectivity index (χ4v) is 3.31. The largest absolute Gasteiger partial charge is 0.399 e. The van der Waals surface area contributed by atoms with Crippen molar-refractivity contribution in [3.8, 4) is 11.1 Å². The third-order valence-electron chi connectivity index (χ3n) is 5.04. The second-order valence-electron chi connectivity index (χ2n) is 7.49. The molecule has 0 spiro atoms. The number of carbonyl (C=O) groups is 1. The van der Waals surface area contributed by atoms with Gasteiger partial charge in [-0.1, -0.05) is 70.5 Å². The molecule has 3 aromatic rings. The van der Waals surface area contributed by atoms with E-state index in [2.05, 4.69) is 75.7 Å². The first-order valence-corrected chi connectivity index (χ1v) is 10.4. The van der Waals surface area contributed by atoms with Gasteiger partial charge in [0.1, 0.15) is 19.9 Å². The lowest BCUT2D eigenvalue weighted by Gasteiger charge is -2.13. The number of aromatic nitrogens is 2. The van der Waals surface area contributed by atoms with Crippen molar-refractivity contribution < 1.29 is 19.3 Å². The Kier molecular flexibility index (Phi) is 10.4. The number of likely N-dealkylation sites (tertiary alicyclic amines) is 1. The van der Waals surface area contributed by atoms with Gasteiger partial charge in [0.05, 0.1) is 18.4 Å².